The fourth-order valence-electron chi connectivity index (χ4n) is 1.67. The molecule has 0 saturated heterocycles. The number of hydrogen-bond acceptors (Lipinski definition) is 6. The van der Waals surface area contributed by atoms with Gasteiger partial charge >= 0.3 is 12.1 Å². The molecule has 0 aliphatic carbocycles. The number of rotatable bonds is 4. The Morgan fingerprint density at radius 2 is 2.00 bits per heavy atom. The summed E-state index contributed by atoms with van der Waals surface area (Å²) in [5, 5.41) is 5.62. The van der Waals surface area contributed by atoms with Crippen LogP contribution >= 0.6 is 11.3 Å². The highest BCUT2D eigenvalue weighted by molar-refractivity contribution is 7.12. The third-order valence-electron chi connectivity index (χ3n) is 2.56. The third-order valence-corrected chi connectivity index (χ3v) is 3.41. The minimum atomic E-state index is -0.640. The van der Waals surface area contributed by atoms with Crippen molar-refractivity contribution in [2.45, 2.75) is 26.4 Å². The van der Waals surface area contributed by atoms with Gasteiger partial charge in [0.2, 0.25) is 0 Å². The molecule has 0 spiro atoms. The van der Waals surface area contributed by atoms with Crippen molar-refractivity contribution < 1.29 is 19.1 Å². The maximum absolute atomic E-state index is 11.9. The first-order chi connectivity index (χ1) is 11.3. The molecule has 0 radical (unpaired) electrons. The molecule has 2 aromatic rings. The third kappa shape index (κ3) is 5.85. The number of nitrogens with one attached hydrogen (secondary N) is 1. The van der Waals surface area contributed by atoms with Crippen LogP contribution in [0.1, 0.15) is 36.0 Å². The number of ether oxygens (including phenoxy) is 2. The highest BCUT2D eigenvalue weighted by Crippen LogP contribution is 2.16. The molecule has 0 aliphatic heterocycles. The molecule has 1 aromatic heterocycles. The second-order valence-electron chi connectivity index (χ2n) is 5.81. The molecule has 24 heavy (non-hydrogen) atoms. The first-order valence-electron chi connectivity index (χ1n) is 7.21. The summed E-state index contributed by atoms with van der Waals surface area (Å²) in [6, 6.07) is 10.3. The number of carbonyl (C=O) groups is 2. The van der Waals surface area contributed by atoms with E-state index in [1.807, 2.05) is 5.38 Å². The minimum Gasteiger partial charge on any atom is -0.443 e. The van der Waals surface area contributed by atoms with E-state index in [0.29, 0.717) is 16.2 Å². The van der Waals surface area contributed by atoms with Crippen LogP contribution in [0.2, 0.25) is 0 Å². The van der Waals surface area contributed by atoms with Gasteiger partial charge in [0.25, 0.3) is 0 Å². The molecule has 0 saturated carbocycles. The van der Waals surface area contributed by atoms with E-state index in [0.717, 1.165) is 0 Å². The number of hydrogen-bond donors (Lipinski definition) is 1. The van der Waals surface area contributed by atoms with Crippen LogP contribution in [0.25, 0.3) is 0 Å². The molecule has 0 bridgehead atoms. The maximum Gasteiger partial charge on any atom is 0.428 e. The molecule has 1 N–H and O–H groups in total. The van der Waals surface area contributed by atoms with Crippen LogP contribution < -0.4 is 10.2 Å². The zero-order valence-electron chi connectivity index (χ0n) is 13.6. The molecule has 126 valence electrons. The van der Waals surface area contributed by atoms with Gasteiger partial charge in [0, 0.05) is 0 Å². The van der Waals surface area contributed by atoms with Crippen LogP contribution in [0.3, 0.4) is 0 Å². The van der Waals surface area contributed by atoms with E-state index in [-0.39, 0.29) is 0 Å². The Balaban J connectivity index is 1.94. The quantitative estimate of drug-likeness (QED) is 0.395. The smallest absolute Gasteiger partial charge is 0.428 e. The molecular formula is C17H18N2O4S. The standard InChI is InChI=1S/C17H18N2O4S/c1-17(2,3)23-16(21)19-18-11-12-6-4-7-13(10-12)22-15(20)14-8-5-9-24-14/h4-11H,1-3H3,(H,19,21)/b18-11-. The van der Waals surface area contributed by atoms with E-state index in [2.05, 4.69) is 10.5 Å². The Labute approximate surface area is 144 Å². The van der Waals surface area contributed by atoms with Crippen molar-refractivity contribution in [2.75, 3.05) is 0 Å². The number of carbonyl (C=O) groups excluding carboxylic acids is 2. The largest absolute Gasteiger partial charge is 0.443 e. The van der Waals surface area contributed by atoms with Crippen LogP contribution in [0.4, 0.5) is 4.79 Å². The van der Waals surface area contributed by atoms with Gasteiger partial charge in [-0.15, -0.1) is 11.3 Å². The van der Waals surface area contributed by atoms with Crippen LogP contribution in [0.5, 0.6) is 5.75 Å². The molecule has 6 nitrogen and oxygen atoms in total. The van der Waals surface area contributed by atoms with Crippen LogP contribution in [-0.2, 0) is 4.74 Å². The van der Waals surface area contributed by atoms with E-state index >= 15 is 0 Å². The lowest BCUT2D eigenvalue weighted by Gasteiger charge is -2.18. The predicted octanol–water partition coefficient (Wildman–Crippen LogP) is 3.83. The summed E-state index contributed by atoms with van der Waals surface area (Å²) in [7, 11) is 0. The number of amides is 1. The Morgan fingerprint density at radius 3 is 2.67 bits per heavy atom. The Bertz CT molecular complexity index is 733. The van der Waals surface area contributed by atoms with Gasteiger partial charge < -0.3 is 9.47 Å². The van der Waals surface area contributed by atoms with Gasteiger partial charge in [-0.1, -0.05) is 18.2 Å². The van der Waals surface area contributed by atoms with Crippen LogP contribution in [-0.4, -0.2) is 23.9 Å². The summed E-state index contributed by atoms with van der Waals surface area (Å²) in [5.74, 6) is -0.0133. The fourth-order valence-corrected chi connectivity index (χ4v) is 2.27. The molecule has 7 heteroatoms. The molecular weight excluding hydrogens is 328 g/mol. The van der Waals surface area contributed by atoms with E-state index in [9.17, 15) is 9.59 Å². The highest BCUT2D eigenvalue weighted by Gasteiger charge is 2.15. The molecule has 2 rings (SSSR count). The van der Waals surface area contributed by atoms with Gasteiger partial charge in [-0.25, -0.2) is 15.0 Å². The lowest BCUT2D eigenvalue weighted by molar-refractivity contribution is 0.0529. The summed E-state index contributed by atoms with van der Waals surface area (Å²) in [4.78, 5) is 23.9. The summed E-state index contributed by atoms with van der Waals surface area (Å²) < 4.78 is 10.4. The van der Waals surface area contributed by atoms with Crippen molar-refractivity contribution >= 4 is 29.6 Å². The van der Waals surface area contributed by atoms with E-state index < -0.39 is 17.7 Å². The lowest BCUT2D eigenvalue weighted by Crippen LogP contribution is -2.29. The molecule has 1 aromatic carbocycles. The summed E-state index contributed by atoms with van der Waals surface area (Å²) in [6.07, 6.45) is 0.797. The average Bonchev–Trinajstić information content (AvgIpc) is 3.00. The normalized spacial score (nSPS) is 11.3. The van der Waals surface area contributed by atoms with Crippen molar-refractivity contribution in [1.29, 1.82) is 0 Å². The average molecular weight is 346 g/mol. The molecule has 0 unspecified atom stereocenters. The van der Waals surface area contributed by atoms with Crippen LogP contribution in [0.15, 0.2) is 46.9 Å². The van der Waals surface area contributed by atoms with E-state index in [1.54, 1.807) is 57.2 Å². The van der Waals surface area contributed by atoms with Gasteiger partial charge in [-0.2, -0.15) is 5.10 Å². The number of esters is 1. The van der Waals surface area contributed by atoms with Gasteiger partial charge in [-0.05, 0) is 49.9 Å². The maximum atomic E-state index is 11.9. The molecule has 0 atom stereocenters. The van der Waals surface area contributed by atoms with Crippen LogP contribution in [0, 0.1) is 0 Å². The van der Waals surface area contributed by atoms with Crippen molar-refractivity contribution in [3.8, 4) is 5.75 Å². The Kier molecular flexibility index (Phi) is 5.70. The minimum absolute atomic E-state index is 0.398. The fraction of sp³-hybridized carbons (Fsp3) is 0.235. The molecule has 1 amide bonds. The zero-order valence-corrected chi connectivity index (χ0v) is 14.4. The second kappa shape index (κ2) is 7.74. The first-order valence-corrected chi connectivity index (χ1v) is 8.09. The van der Waals surface area contributed by atoms with Crippen molar-refractivity contribution in [3.05, 3.63) is 52.2 Å². The zero-order chi connectivity index (χ0) is 17.6. The van der Waals surface area contributed by atoms with Crippen molar-refractivity contribution in [1.82, 2.24) is 5.43 Å². The van der Waals surface area contributed by atoms with E-state index in [1.165, 1.54) is 17.6 Å². The highest BCUT2D eigenvalue weighted by atomic mass is 32.1. The summed E-state index contributed by atoms with van der Waals surface area (Å²) >= 11 is 1.31. The van der Waals surface area contributed by atoms with Gasteiger partial charge in [0.1, 0.15) is 16.2 Å². The number of hydrazone groups is 1. The van der Waals surface area contributed by atoms with E-state index in [4.69, 9.17) is 9.47 Å². The first kappa shape index (κ1) is 17.7. The summed E-state index contributed by atoms with van der Waals surface area (Å²) in [6.45, 7) is 5.30. The second-order valence-corrected chi connectivity index (χ2v) is 6.76. The van der Waals surface area contributed by atoms with Crippen molar-refractivity contribution in [3.63, 3.8) is 0 Å². The molecule has 0 aliphatic rings. The topological polar surface area (TPSA) is 77.0 Å². The number of thiophene rings is 1. The lowest BCUT2D eigenvalue weighted by atomic mass is 10.2. The Morgan fingerprint density at radius 1 is 1.21 bits per heavy atom. The Hall–Kier alpha value is -2.67. The van der Waals surface area contributed by atoms with Gasteiger partial charge in [-0.3, -0.25) is 0 Å². The number of nitrogens with zero attached hydrogens (tertiary/aromatic N) is 1. The predicted molar refractivity (Wildman–Crippen MR) is 92.7 cm³/mol. The monoisotopic (exact) mass is 346 g/mol. The SMILES string of the molecule is CC(C)(C)OC(=O)N/N=C\c1cccc(OC(=O)c2cccs2)c1. The molecule has 0 fully saturated rings. The van der Waals surface area contributed by atoms with Gasteiger partial charge in [0.15, 0.2) is 0 Å². The number of benzene rings is 1. The molecule has 1 heterocycles. The van der Waals surface area contributed by atoms with Crippen molar-refractivity contribution in [2.24, 2.45) is 5.10 Å². The summed E-state index contributed by atoms with van der Waals surface area (Å²) in [5.41, 5.74) is 2.35. The van der Waals surface area contributed by atoms with Gasteiger partial charge in [0.05, 0.1) is 6.21 Å².